The molecule has 1 aromatic heterocycles. The summed E-state index contributed by atoms with van der Waals surface area (Å²) in [6, 6.07) is 0. The molecule has 96 valence electrons. The molecule has 6 nitrogen and oxygen atoms in total. The van der Waals surface area contributed by atoms with Gasteiger partial charge in [0, 0.05) is 18.8 Å². The maximum atomic E-state index is 11.3. The quantitative estimate of drug-likeness (QED) is 0.827. The molecule has 0 spiro atoms. The Morgan fingerprint density at radius 2 is 2.29 bits per heavy atom. The summed E-state index contributed by atoms with van der Waals surface area (Å²) in [5.41, 5.74) is 0.118. The van der Waals surface area contributed by atoms with Crippen molar-refractivity contribution in [2.45, 2.75) is 32.5 Å². The van der Waals surface area contributed by atoms with E-state index in [1.54, 1.807) is 44.9 Å². The molecule has 0 aliphatic carbocycles. The summed E-state index contributed by atoms with van der Waals surface area (Å²) in [5.74, 6) is 0. The van der Waals surface area contributed by atoms with E-state index < -0.39 is 17.8 Å². The summed E-state index contributed by atoms with van der Waals surface area (Å²) >= 11 is 0. The maximum absolute atomic E-state index is 11.3. The van der Waals surface area contributed by atoms with Crippen molar-refractivity contribution in [1.29, 1.82) is 0 Å². The van der Waals surface area contributed by atoms with Crippen LogP contribution in [0.1, 0.15) is 32.4 Å². The third kappa shape index (κ3) is 4.86. The fraction of sp³-hybridized carbons (Fsp3) is 0.636. The first-order valence-electron chi connectivity index (χ1n) is 5.41. The van der Waals surface area contributed by atoms with Crippen molar-refractivity contribution in [3.05, 3.63) is 18.0 Å². The van der Waals surface area contributed by atoms with E-state index in [1.807, 2.05) is 0 Å². The van der Waals surface area contributed by atoms with E-state index in [1.165, 1.54) is 0 Å². The molecule has 1 aromatic rings. The van der Waals surface area contributed by atoms with Gasteiger partial charge < -0.3 is 15.2 Å². The zero-order chi connectivity index (χ0) is 13.1. The first-order valence-corrected chi connectivity index (χ1v) is 5.41. The van der Waals surface area contributed by atoms with Crippen LogP contribution in [0.15, 0.2) is 12.4 Å². The van der Waals surface area contributed by atoms with Crippen LogP contribution in [-0.4, -0.2) is 33.1 Å². The lowest BCUT2D eigenvalue weighted by molar-refractivity contribution is 0.0492. The van der Waals surface area contributed by atoms with Gasteiger partial charge in [0.25, 0.3) is 0 Å². The van der Waals surface area contributed by atoms with Crippen LogP contribution in [0, 0.1) is 0 Å². The van der Waals surface area contributed by atoms with Crippen molar-refractivity contribution in [2.75, 3.05) is 6.54 Å². The monoisotopic (exact) mass is 241 g/mol. The molecule has 0 aromatic carbocycles. The first kappa shape index (κ1) is 13.5. The van der Waals surface area contributed by atoms with Gasteiger partial charge in [0.05, 0.1) is 18.8 Å². The molecule has 0 radical (unpaired) electrons. The van der Waals surface area contributed by atoms with E-state index in [9.17, 15) is 9.90 Å². The van der Waals surface area contributed by atoms with Crippen molar-refractivity contribution in [2.24, 2.45) is 7.05 Å². The topological polar surface area (TPSA) is 76.4 Å². The molecule has 0 fully saturated rings. The zero-order valence-electron chi connectivity index (χ0n) is 10.6. The highest BCUT2D eigenvalue weighted by molar-refractivity contribution is 5.67. The maximum Gasteiger partial charge on any atom is 0.407 e. The molecule has 1 unspecified atom stereocenters. The lowest BCUT2D eigenvalue weighted by atomic mass is 10.2. The molecule has 1 atom stereocenters. The molecule has 0 saturated carbocycles. The largest absolute Gasteiger partial charge is 0.444 e. The Balaban J connectivity index is 2.38. The summed E-state index contributed by atoms with van der Waals surface area (Å²) in [7, 11) is 1.76. The minimum Gasteiger partial charge on any atom is -0.444 e. The van der Waals surface area contributed by atoms with Gasteiger partial charge in [-0.05, 0) is 20.8 Å². The number of carbonyl (C=O) groups is 1. The Morgan fingerprint density at radius 3 is 2.76 bits per heavy atom. The highest BCUT2D eigenvalue weighted by Crippen LogP contribution is 2.10. The lowest BCUT2D eigenvalue weighted by Crippen LogP contribution is -2.34. The van der Waals surface area contributed by atoms with Crippen LogP contribution in [0.5, 0.6) is 0 Å². The van der Waals surface area contributed by atoms with Gasteiger partial charge in [-0.15, -0.1) is 0 Å². The number of nitrogens with zero attached hydrogens (tertiary/aromatic N) is 2. The molecule has 2 N–H and O–H groups in total. The molecule has 17 heavy (non-hydrogen) atoms. The third-order valence-corrected chi connectivity index (χ3v) is 1.95. The number of aromatic nitrogens is 2. The number of hydrogen-bond acceptors (Lipinski definition) is 4. The average Bonchev–Trinajstić information content (AvgIpc) is 2.58. The standard InChI is InChI=1S/C11H19N3O3/c1-11(2,3)17-10(16)12-6-9(15)8-5-13-14(4)7-8/h5,7,9,15H,6H2,1-4H3,(H,12,16). The van der Waals surface area contributed by atoms with E-state index >= 15 is 0 Å². The number of rotatable bonds is 3. The Bertz CT molecular complexity index is 382. The van der Waals surface area contributed by atoms with E-state index in [2.05, 4.69) is 10.4 Å². The number of hydrogen-bond donors (Lipinski definition) is 2. The number of aryl methyl sites for hydroxylation is 1. The number of amides is 1. The van der Waals surface area contributed by atoms with Gasteiger partial charge in [0.15, 0.2) is 0 Å². The van der Waals surface area contributed by atoms with E-state index in [0.29, 0.717) is 5.56 Å². The molecule has 1 amide bonds. The van der Waals surface area contributed by atoms with Crippen LogP contribution in [0.4, 0.5) is 4.79 Å². The minimum absolute atomic E-state index is 0.0978. The van der Waals surface area contributed by atoms with E-state index in [0.717, 1.165) is 0 Å². The Labute approximate surface area is 101 Å². The highest BCUT2D eigenvalue weighted by Gasteiger charge is 2.17. The minimum atomic E-state index is -0.781. The average molecular weight is 241 g/mol. The van der Waals surface area contributed by atoms with Gasteiger partial charge >= 0.3 is 6.09 Å². The second-order valence-electron chi connectivity index (χ2n) is 4.85. The van der Waals surface area contributed by atoms with Crippen LogP contribution in [-0.2, 0) is 11.8 Å². The number of aliphatic hydroxyl groups excluding tert-OH is 1. The van der Waals surface area contributed by atoms with Gasteiger partial charge in [0.2, 0.25) is 0 Å². The van der Waals surface area contributed by atoms with Crippen molar-refractivity contribution < 1.29 is 14.6 Å². The van der Waals surface area contributed by atoms with Crippen molar-refractivity contribution in [3.63, 3.8) is 0 Å². The second kappa shape index (κ2) is 5.18. The summed E-state index contributed by atoms with van der Waals surface area (Å²) in [4.78, 5) is 11.3. The van der Waals surface area contributed by atoms with Crippen molar-refractivity contribution in [3.8, 4) is 0 Å². The Kier molecular flexibility index (Phi) is 4.11. The zero-order valence-corrected chi connectivity index (χ0v) is 10.6. The van der Waals surface area contributed by atoms with Gasteiger partial charge in [0.1, 0.15) is 5.60 Å². The van der Waals surface area contributed by atoms with Gasteiger partial charge in [-0.1, -0.05) is 0 Å². The molecule has 0 aliphatic rings. The summed E-state index contributed by atoms with van der Waals surface area (Å²) in [6.45, 7) is 5.44. The predicted molar refractivity (Wildman–Crippen MR) is 62.4 cm³/mol. The van der Waals surface area contributed by atoms with Gasteiger partial charge in [-0.2, -0.15) is 5.10 Å². The highest BCUT2D eigenvalue weighted by atomic mass is 16.6. The number of aliphatic hydroxyl groups is 1. The molecule has 0 aliphatic heterocycles. The van der Waals surface area contributed by atoms with E-state index in [-0.39, 0.29) is 6.54 Å². The number of alkyl carbamates (subject to hydrolysis) is 1. The molecule has 1 heterocycles. The molecular formula is C11H19N3O3. The predicted octanol–water partition coefficient (Wildman–Crippen LogP) is 0.978. The normalized spacial score (nSPS) is 13.2. The molecule has 1 rings (SSSR count). The van der Waals surface area contributed by atoms with Crippen LogP contribution in [0.3, 0.4) is 0 Å². The van der Waals surface area contributed by atoms with Crippen LogP contribution in [0.25, 0.3) is 0 Å². The van der Waals surface area contributed by atoms with Crippen molar-refractivity contribution >= 4 is 6.09 Å². The van der Waals surface area contributed by atoms with Crippen molar-refractivity contribution in [1.82, 2.24) is 15.1 Å². The van der Waals surface area contributed by atoms with E-state index in [4.69, 9.17) is 4.74 Å². The number of nitrogens with one attached hydrogen (secondary N) is 1. The molecule has 6 heteroatoms. The Hall–Kier alpha value is -1.56. The molecule has 0 bridgehead atoms. The Morgan fingerprint density at radius 1 is 1.65 bits per heavy atom. The number of carbonyl (C=O) groups excluding carboxylic acids is 1. The third-order valence-electron chi connectivity index (χ3n) is 1.95. The summed E-state index contributed by atoms with van der Waals surface area (Å²) in [5, 5.41) is 16.2. The first-order chi connectivity index (χ1) is 7.78. The van der Waals surface area contributed by atoms with Gasteiger partial charge in [-0.3, -0.25) is 4.68 Å². The van der Waals surface area contributed by atoms with Crippen LogP contribution in [0.2, 0.25) is 0 Å². The fourth-order valence-corrected chi connectivity index (χ4v) is 1.22. The van der Waals surface area contributed by atoms with Crippen LogP contribution >= 0.6 is 0 Å². The SMILES string of the molecule is Cn1cc(C(O)CNC(=O)OC(C)(C)C)cn1. The lowest BCUT2D eigenvalue weighted by Gasteiger charge is -2.20. The molecule has 0 saturated heterocycles. The second-order valence-corrected chi connectivity index (χ2v) is 4.85. The molecular weight excluding hydrogens is 222 g/mol. The number of ether oxygens (including phenoxy) is 1. The van der Waals surface area contributed by atoms with Crippen LogP contribution < -0.4 is 5.32 Å². The summed E-state index contributed by atoms with van der Waals surface area (Å²) < 4.78 is 6.64. The smallest absolute Gasteiger partial charge is 0.407 e. The summed E-state index contributed by atoms with van der Waals surface area (Å²) in [6.07, 6.45) is 1.93. The fourth-order valence-electron chi connectivity index (χ4n) is 1.22. The van der Waals surface area contributed by atoms with Gasteiger partial charge in [-0.25, -0.2) is 4.79 Å².